The predicted octanol–water partition coefficient (Wildman–Crippen LogP) is 2.45. The van der Waals surface area contributed by atoms with Crippen LogP contribution in [0.25, 0.3) is 0 Å². The maximum absolute atomic E-state index is 13.4. The number of hydrogen-bond donors (Lipinski definition) is 1. The van der Waals surface area contributed by atoms with Gasteiger partial charge in [-0.15, -0.1) is 0 Å². The number of ether oxygens (including phenoxy) is 1. The molecular formula is C13H19F2NO3S. The summed E-state index contributed by atoms with van der Waals surface area (Å²) in [6, 6.07) is 2.36. The van der Waals surface area contributed by atoms with E-state index in [0.29, 0.717) is 25.7 Å². The van der Waals surface area contributed by atoms with E-state index >= 15 is 0 Å². The molecule has 0 aliphatic rings. The first kappa shape index (κ1) is 17.0. The molecule has 1 rings (SSSR count). The normalized spacial score (nSPS) is 11.8. The van der Waals surface area contributed by atoms with Crippen molar-refractivity contribution < 1.29 is 21.9 Å². The van der Waals surface area contributed by atoms with Crippen molar-refractivity contribution >= 4 is 10.0 Å². The standard InChI is InChI=1S/C13H19F2NO3S/c1-2-3-8-19-9-4-7-16-20(17,18)13-6-5-11(14)10-12(13)15/h5-6,10,16H,2-4,7-9H2,1H3. The van der Waals surface area contributed by atoms with Gasteiger partial charge in [0.25, 0.3) is 0 Å². The molecule has 1 N–H and O–H groups in total. The van der Waals surface area contributed by atoms with E-state index < -0.39 is 26.6 Å². The Bertz CT molecular complexity index is 520. The maximum atomic E-state index is 13.4. The Morgan fingerprint density at radius 3 is 2.55 bits per heavy atom. The predicted molar refractivity (Wildman–Crippen MR) is 71.9 cm³/mol. The Balaban J connectivity index is 2.42. The van der Waals surface area contributed by atoms with E-state index in [1.807, 2.05) is 0 Å². The lowest BCUT2D eigenvalue weighted by molar-refractivity contribution is 0.130. The van der Waals surface area contributed by atoms with Crippen molar-refractivity contribution in [1.82, 2.24) is 4.72 Å². The van der Waals surface area contributed by atoms with Crippen LogP contribution in [0.1, 0.15) is 26.2 Å². The number of hydrogen-bond acceptors (Lipinski definition) is 3. The Morgan fingerprint density at radius 1 is 1.20 bits per heavy atom. The molecule has 0 aliphatic heterocycles. The van der Waals surface area contributed by atoms with Crippen molar-refractivity contribution in [2.75, 3.05) is 19.8 Å². The number of sulfonamides is 1. The zero-order chi connectivity index (χ0) is 15.0. The van der Waals surface area contributed by atoms with Gasteiger partial charge in [-0.1, -0.05) is 13.3 Å². The first-order valence-electron chi connectivity index (χ1n) is 6.50. The molecular weight excluding hydrogens is 288 g/mol. The van der Waals surface area contributed by atoms with Crippen molar-refractivity contribution in [3.8, 4) is 0 Å². The van der Waals surface area contributed by atoms with Crippen LogP contribution in [0, 0.1) is 11.6 Å². The molecule has 0 amide bonds. The molecule has 0 radical (unpaired) electrons. The van der Waals surface area contributed by atoms with Crippen LogP contribution in [0.15, 0.2) is 23.1 Å². The molecule has 1 aromatic rings. The smallest absolute Gasteiger partial charge is 0.243 e. The number of unbranched alkanes of at least 4 members (excludes halogenated alkanes) is 1. The Kier molecular flexibility index (Phi) is 7.04. The molecule has 0 atom stereocenters. The van der Waals surface area contributed by atoms with E-state index in [0.717, 1.165) is 25.0 Å². The summed E-state index contributed by atoms with van der Waals surface area (Å²) in [5, 5.41) is 0. The van der Waals surface area contributed by atoms with Gasteiger partial charge in [-0.25, -0.2) is 21.9 Å². The Morgan fingerprint density at radius 2 is 1.90 bits per heavy atom. The van der Waals surface area contributed by atoms with Crippen LogP contribution >= 0.6 is 0 Å². The molecule has 1 aromatic carbocycles. The average Bonchev–Trinajstić information content (AvgIpc) is 2.37. The van der Waals surface area contributed by atoms with Crippen LogP contribution in [-0.2, 0) is 14.8 Å². The van der Waals surface area contributed by atoms with Crippen LogP contribution in [0.3, 0.4) is 0 Å². The third-order valence-electron chi connectivity index (χ3n) is 2.58. The summed E-state index contributed by atoms with van der Waals surface area (Å²) >= 11 is 0. The van der Waals surface area contributed by atoms with Gasteiger partial charge in [0, 0.05) is 25.8 Å². The summed E-state index contributed by atoms with van der Waals surface area (Å²) in [6.45, 7) is 3.28. The van der Waals surface area contributed by atoms with Crippen LogP contribution in [0.4, 0.5) is 8.78 Å². The minimum atomic E-state index is -3.95. The Hall–Kier alpha value is -1.05. The number of rotatable bonds is 9. The van der Waals surface area contributed by atoms with E-state index in [1.54, 1.807) is 0 Å². The van der Waals surface area contributed by atoms with Crippen LogP contribution < -0.4 is 4.72 Å². The van der Waals surface area contributed by atoms with Gasteiger partial charge in [-0.2, -0.15) is 0 Å². The van der Waals surface area contributed by atoms with Gasteiger partial charge in [-0.05, 0) is 25.0 Å². The summed E-state index contributed by atoms with van der Waals surface area (Å²) < 4.78 is 57.2. The minimum Gasteiger partial charge on any atom is -0.381 e. The molecule has 0 saturated heterocycles. The van der Waals surface area contributed by atoms with Crippen LogP contribution in [-0.4, -0.2) is 28.2 Å². The molecule has 0 saturated carbocycles. The fraction of sp³-hybridized carbons (Fsp3) is 0.538. The highest BCUT2D eigenvalue weighted by Crippen LogP contribution is 2.15. The van der Waals surface area contributed by atoms with Crippen molar-refractivity contribution in [3.05, 3.63) is 29.8 Å². The maximum Gasteiger partial charge on any atom is 0.243 e. The van der Waals surface area contributed by atoms with E-state index in [4.69, 9.17) is 4.74 Å². The van der Waals surface area contributed by atoms with Gasteiger partial charge >= 0.3 is 0 Å². The van der Waals surface area contributed by atoms with Gasteiger partial charge in [-0.3, -0.25) is 0 Å². The van der Waals surface area contributed by atoms with Crippen LogP contribution in [0.2, 0.25) is 0 Å². The number of nitrogens with one attached hydrogen (secondary N) is 1. The topological polar surface area (TPSA) is 55.4 Å². The molecule has 0 aliphatic carbocycles. The minimum absolute atomic E-state index is 0.144. The molecule has 114 valence electrons. The summed E-state index contributed by atoms with van der Waals surface area (Å²) in [7, 11) is -3.95. The first-order valence-corrected chi connectivity index (χ1v) is 7.98. The Labute approximate surface area is 118 Å². The quantitative estimate of drug-likeness (QED) is 0.713. The summed E-state index contributed by atoms with van der Waals surface area (Å²) in [6.07, 6.45) is 2.49. The molecule has 0 heterocycles. The third-order valence-corrected chi connectivity index (χ3v) is 4.08. The van der Waals surface area contributed by atoms with E-state index in [9.17, 15) is 17.2 Å². The first-order chi connectivity index (χ1) is 9.47. The average molecular weight is 307 g/mol. The molecule has 0 bridgehead atoms. The third kappa shape index (κ3) is 5.52. The second-order valence-electron chi connectivity index (χ2n) is 4.29. The molecule has 0 fully saturated rings. The second-order valence-corrected chi connectivity index (χ2v) is 6.03. The van der Waals surface area contributed by atoms with Gasteiger partial charge in [0.1, 0.15) is 16.5 Å². The number of halogens is 2. The van der Waals surface area contributed by atoms with Gasteiger partial charge in [0.15, 0.2) is 0 Å². The van der Waals surface area contributed by atoms with Gasteiger partial charge < -0.3 is 4.74 Å². The zero-order valence-corrected chi connectivity index (χ0v) is 12.2. The SMILES string of the molecule is CCCCOCCCNS(=O)(=O)c1ccc(F)cc1F. The zero-order valence-electron chi connectivity index (χ0n) is 11.4. The highest BCUT2D eigenvalue weighted by Gasteiger charge is 2.18. The lowest BCUT2D eigenvalue weighted by Gasteiger charge is -2.08. The monoisotopic (exact) mass is 307 g/mol. The molecule has 0 aromatic heterocycles. The largest absolute Gasteiger partial charge is 0.381 e. The van der Waals surface area contributed by atoms with Crippen molar-refractivity contribution in [3.63, 3.8) is 0 Å². The van der Waals surface area contributed by atoms with Gasteiger partial charge in [0.05, 0.1) is 0 Å². The molecule has 4 nitrogen and oxygen atoms in total. The van der Waals surface area contributed by atoms with Crippen molar-refractivity contribution in [2.24, 2.45) is 0 Å². The van der Waals surface area contributed by atoms with Crippen molar-refractivity contribution in [2.45, 2.75) is 31.1 Å². The molecule has 0 spiro atoms. The summed E-state index contributed by atoms with van der Waals surface area (Å²) in [4.78, 5) is -0.550. The fourth-order valence-electron chi connectivity index (χ4n) is 1.50. The van der Waals surface area contributed by atoms with E-state index in [1.165, 1.54) is 0 Å². The van der Waals surface area contributed by atoms with E-state index in [2.05, 4.69) is 11.6 Å². The van der Waals surface area contributed by atoms with Crippen molar-refractivity contribution in [1.29, 1.82) is 0 Å². The molecule has 7 heteroatoms. The number of benzene rings is 1. The van der Waals surface area contributed by atoms with Gasteiger partial charge in [0.2, 0.25) is 10.0 Å². The lowest BCUT2D eigenvalue weighted by Crippen LogP contribution is -2.26. The highest BCUT2D eigenvalue weighted by atomic mass is 32.2. The van der Waals surface area contributed by atoms with E-state index in [-0.39, 0.29) is 6.54 Å². The second kappa shape index (κ2) is 8.28. The molecule has 0 unspecified atom stereocenters. The highest BCUT2D eigenvalue weighted by molar-refractivity contribution is 7.89. The summed E-state index contributed by atoms with van der Waals surface area (Å²) in [5.41, 5.74) is 0. The molecule has 20 heavy (non-hydrogen) atoms. The fourth-order valence-corrected chi connectivity index (χ4v) is 2.63. The van der Waals surface area contributed by atoms with Crippen LogP contribution in [0.5, 0.6) is 0 Å². The lowest BCUT2D eigenvalue weighted by atomic mass is 10.3. The summed E-state index contributed by atoms with van der Waals surface area (Å²) in [5.74, 6) is -1.91.